The first-order valence-corrected chi connectivity index (χ1v) is 8.82. The monoisotopic (exact) mass is 346 g/mol. The maximum Gasteiger partial charge on any atom is 0.234 e. The van der Waals surface area contributed by atoms with Crippen molar-refractivity contribution in [3.63, 3.8) is 0 Å². The Morgan fingerprint density at radius 1 is 0.808 bits per heavy atom. The minimum absolute atomic E-state index is 0.112. The maximum absolute atomic E-state index is 13.1. The van der Waals surface area contributed by atoms with E-state index in [1.54, 1.807) is 0 Å². The Hall–Kier alpha value is -2.95. The quantitative estimate of drug-likeness (QED) is 0.778. The van der Waals surface area contributed by atoms with Gasteiger partial charge >= 0.3 is 0 Å². The standard InChI is InChI=1S/C21H17NO4/c23-15(24)9-10-22-20(25)18-16-11-5-1-2-6-12(11)17(19(18)21(22)26)14-8-4-3-7-13(14)16/h1-8,16-19H,9-10H2,(H,23,24)/p-1/t16?,17?,18-,19-/m0/s1. The van der Waals surface area contributed by atoms with E-state index in [0.717, 1.165) is 27.2 Å². The van der Waals surface area contributed by atoms with Crippen LogP contribution in [0.25, 0.3) is 0 Å². The number of carboxylic acids is 1. The van der Waals surface area contributed by atoms with E-state index in [-0.39, 0.29) is 36.6 Å². The molecule has 0 aromatic heterocycles. The summed E-state index contributed by atoms with van der Waals surface area (Å²) >= 11 is 0. The van der Waals surface area contributed by atoms with Gasteiger partial charge in [0.25, 0.3) is 0 Å². The Morgan fingerprint density at radius 3 is 1.54 bits per heavy atom. The number of carbonyl (C=O) groups is 3. The molecule has 1 heterocycles. The van der Waals surface area contributed by atoms with Gasteiger partial charge in [0.05, 0.1) is 11.8 Å². The van der Waals surface area contributed by atoms with Gasteiger partial charge in [0.1, 0.15) is 0 Å². The molecule has 2 aromatic carbocycles. The van der Waals surface area contributed by atoms with Crippen LogP contribution in [0.4, 0.5) is 0 Å². The summed E-state index contributed by atoms with van der Waals surface area (Å²) in [4.78, 5) is 38.1. The van der Waals surface area contributed by atoms with Crippen LogP contribution in [0.3, 0.4) is 0 Å². The third-order valence-corrected chi connectivity index (χ3v) is 6.08. The van der Waals surface area contributed by atoms with E-state index in [1.165, 1.54) is 0 Å². The van der Waals surface area contributed by atoms with Gasteiger partial charge < -0.3 is 9.90 Å². The van der Waals surface area contributed by atoms with Crippen molar-refractivity contribution in [3.05, 3.63) is 70.8 Å². The minimum Gasteiger partial charge on any atom is -0.550 e. The molecule has 0 N–H and O–H groups in total. The molecule has 2 amide bonds. The van der Waals surface area contributed by atoms with E-state index in [9.17, 15) is 19.5 Å². The third kappa shape index (κ3) is 1.83. The van der Waals surface area contributed by atoms with Crippen LogP contribution >= 0.6 is 0 Å². The number of benzene rings is 2. The zero-order chi connectivity index (χ0) is 18.0. The molecule has 1 fully saturated rings. The van der Waals surface area contributed by atoms with Crippen LogP contribution in [0.5, 0.6) is 0 Å². The molecule has 4 aliphatic rings. The summed E-state index contributed by atoms with van der Waals surface area (Å²) in [5, 5.41) is 10.8. The Balaban J connectivity index is 1.67. The summed E-state index contributed by atoms with van der Waals surface area (Å²) in [6.07, 6.45) is -0.327. The lowest BCUT2D eigenvalue weighted by Crippen LogP contribution is -2.41. The molecule has 0 unspecified atom stereocenters. The molecular weight excluding hydrogens is 330 g/mol. The number of carboxylic acid groups (broad SMARTS) is 1. The highest BCUT2D eigenvalue weighted by molar-refractivity contribution is 6.07. The SMILES string of the molecule is O=C([O-])CCN1C(=O)[C@H]2C3c4ccccc4C(c4ccccc43)[C@@H]2C1=O. The van der Waals surface area contributed by atoms with Gasteiger partial charge in [-0.05, 0) is 22.3 Å². The molecule has 130 valence electrons. The first-order chi connectivity index (χ1) is 12.6. The normalized spacial score (nSPS) is 27.9. The average Bonchev–Trinajstić information content (AvgIpc) is 2.91. The van der Waals surface area contributed by atoms with Crippen molar-refractivity contribution in [2.24, 2.45) is 11.8 Å². The zero-order valence-corrected chi connectivity index (χ0v) is 13.9. The molecule has 1 aliphatic heterocycles. The van der Waals surface area contributed by atoms with E-state index in [2.05, 4.69) is 0 Å². The van der Waals surface area contributed by atoms with Crippen molar-refractivity contribution in [1.29, 1.82) is 0 Å². The molecule has 3 aliphatic carbocycles. The topological polar surface area (TPSA) is 77.5 Å². The molecule has 1 saturated heterocycles. The van der Waals surface area contributed by atoms with Gasteiger partial charge in [-0.2, -0.15) is 0 Å². The van der Waals surface area contributed by atoms with Crippen molar-refractivity contribution in [2.75, 3.05) is 6.54 Å². The number of nitrogens with zero attached hydrogens (tertiary/aromatic N) is 1. The Bertz CT molecular complexity index is 850. The van der Waals surface area contributed by atoms with E-state index >= 15 is 0 Å². The van der Waals surface area contributed by atoms with E-state index in [0.29, 0.717) is 0 Å². The predicted molar refractivity (Wildman–Crippen MR) is 89.9 cm³/mol. The van der Waals surface area contributed by atoms with Crippen LogP contribution in [0, 0.1) is 11.8 Å². The van der Waals surface area contributed by atoms with Crippen LogP contribution in [-0.2, 0) is 14.4 Å². The van der Waals surface area contributed by atoms with Gasteiger partial charge in [0.2, 0.25) is 11.8 Å². The minimum atomic E-state index is -1.25. The highest BCUT2D eigenvalue weighted by Crippen LogP contribution is 2.60. The number of rotatable bonds is 3. The highest BCUT2D eigenvalue weighted by Gasteiger charge is 2.61. The van der Waals surface area contributed by atoms with Crippen molar-refractivity contribution in [2.45, 2.75) is 18.3 Å². The molecule has 5 heteroatoms. The number of imide groups is 1. The summed E-state index contributed by atoms with van der Waals surface area (Å²) in [5.41, 5.74) is 4.45. The average molecular weight is 346 g/mol. The van der Waals surface area contributed by atoms with Gasteiger partial charge in [0, 0.05) is 30.8 Å². The lowest BCUT2D eigenvalue weighted by molar-refractivity contribution is -0.305. The lowest BCUT2D eigenvalue weighted by Gasteiger charge is -2.45. The fourth-order valence-corrected chi connectivity index (χ4v) is 5.16. The number of hydrogen-bond donors (Lipinski definition) is 0. The molecule has 2 aromatic rings. The summed E-state index contributed by atoms with van der Waals surface area (Å²) in [7, 11) is 0. The first-order valence-electron chi connectivity index (χ1n) is 8.82. The molecular formula is C21H16NO4-. The number of likely N-dealkylation sites (tertiary alicyclic amines) is 1. The summed E-state index contributed by atoms with van der Waals surface area (Å²) < 4.78 is 0. The largest absolute Gasteiger partial charge is 0.550 e. The van der Waals surface area contributed by atoms with Crippen LogP contribution in [-0.4, -0.2) is 29.2 Å². The molecule has 6 rings (SSSR count). The van der Waals surface area contributed by atoms with Gasteiger partial charge in [-0.1, -0.05) is 48.5 Å². The highest BCUT2D eigenvalue weighted by atomic mass is 16.4. The van der Waals surface area contributed by atoms with Gasteiger partial charge in [0.15, 0.2) is 0 Å². The Kier molecular flexibility index (Phi) is 3.11. The zero-order valence-electron chi connectivity index (χ0n) is 13.9. The second-order valence-electron chi connectivity index (χ2n) is 7.21. The number of hydrogen-bond acceptors (Lipinski definition) is 4. The van der Waals surface area contributed by atoms with Crippen molar-refractivity contribution in [1.82, 2.24) is 4.90 Å². The fraction of sp³-hybridized carbons (Fsp3) is 0.286. The number of amides is 2. The number of aliphatic carboxylic acids is 1. The van der Waals surface area contributed by atoms with Gasteiger partial charge in [-0.15, -0.1) is 0 Å². The van der Waals surface area contributed by atoms with E-state index < -0.39 is 17.8 Å². The van der Waals surface area contributed by atoms with Crippen LogP contribution in [0.15, 0.2) is 48.5 Å². The molecule has 2 bridgehead atoms. The van der Waals surface area contributed by atoms with Crippen molar-refractivity contribution < 1.29 is 19.5 Å². The number of carbonyl (C=O) groups excluding carboxylic acids is 3. The maximum atomic E-state index is 13.1. The second kappa shape index (κ2) is 5.27. The first kappa shape index (κ1) is 15.3. The summed E-state index contributed by atoms with van der Waals surface area (Å²) in [5.74, 6) is -2.95. The van der Waals surface area contributed by atoms with Crippen molar-refractivity contribution >= 4 is 17.8 Å². The van der Waals surface area contributed by atoms with Crippen LogP contribution < -0.4 is 5.11 Å². The smallest absolute Gasteiger partial charge is 0.234 e. The van der Waals surface area contributed by atoms with Crippen molar-refractivity contribution in [3.8, 4) is 0 Å². The van der Waals surface area contributed by atoms with Gasteiger partial charge in [-0.25, -0.2) is 0 Å². The molecule has 2 atom stereocenters. The second-order valence-corrected chi connectivity index (χ2v) is 7.21. The van der Waals surface area contributed by atoms with Crippen LogP contribution in [0.1, 0.15) is 40.5 Å². The third-order valence-electron chi connectivity index (χ3n) is 6.08. The lowest BCUT2D eigenvalue weighted by atomic mass is 9.55. The fourth-order valence-electron chi connectivity index (χ4n) is 5.16. The predicted octanol–water partition coefficient (Wildman–Crippen LogP) is 1.02. The Morgan fingerprint density at radius 2 is 1.19 bits per heavy atom. The molecule has 26 heavy (non-hydrogen) atoms. The summed E-state index contributed by atoms with van der Waals surface area (Å²) in [6.45, 7) is -0.112. The molecule has 0 spiro atoms. The molecule has 0 radical (unpaired) electrons. The summed E-state index contributed by atoms with van der Waals surface area (Å²) in [6, 6.07) is 16.0. The molecule has 5 nitrogen and oxygen atoms in total. The van der Waals surface area contributed by atoms with E-state index in [1.807, 2.05) is 48.5 Å². The van der Waals surface area contributed by atoms with E-state index in [4.69, 9.17) is 0 Å². The van der Waals surface area contributed by atoms with Crippen LogP contribution in [0.2, 0.25) is 0 Å². The van der Waals surface area contributed by atoms with Gasteiger partial charge in [-0.3, -0.25) is 14.5 Å². The molecule has 0 saturated carbocycles. The Labute approximate surface area is 150 Å².